The molecule has 1 aliphatic carbocycles. The Hall–Kier alpha value is -0.950. The topological polar surface area (TPSA) is 0 Å². The second-order valence-electron chi connectivity index (χ2n) is 4.28. The minimum atomic E-state index is 0.590. The molecule has 84 valence electrons. The van der Waals surface area contributed by atoms with Gasteiger partial charge in [0.25, 0.3) is 0 Å². The number of aryl methyl sites for hydroxylation is 1. The minimum Gasteiger partial charge on any atom is -0.119 e. The van der Waals surface area contributed by atoms with Gasteiger partial charge in [-0.15, -0.1) is 11.8 Å². The van der Waals surface area contributed by atoms with Crippen molar-refractivity contribution in [2.45, 2.75) is 36.8 Å². The van der Waals surface area contributed by atoms with Gasteiger partial charge in [-0.2, -0.15) is 0 Å². The summed E-state index contributed by atoms with van der Waals surface area (Å²) < 4.78 is 0. The van der Waals surface area contributed by atoms with Crippen LogP contribution in [0.15, 0.2) is 53.0 Å². The lowest BCUT2D eigenvalue weighted by atomic mass is 10.0. The van der Waals surface area contributed by atoms with E-state index in [-0.39, 0.29) is 0 Å². The molecule has 0 nitrogen and oxygen atoms in total. The lowest BCUT2D eigenvalue weighted by Crippen LogP contribution is -2.02. The highest BCUT2D eigenvalue weighted by atomic mass is 32.2. The van der Waals surface area contributed by atoms with Crippen LogP contribution in [-0.4, -0.2) is 5.25 Å². The lowest BCUT2D eigenvalue weighted by molar-refractivity contribution is 0.904. The molecule has 0 heterocycles. The van der Waals surface area contributed by atoms with Crippen molar-refractivity contribution in [3.63, 3.8) is 0 Å². The Kier molecular flexibility index (Phi) is 3.89. The van der Waals surface area contributed by atoms with Crippen LogP contribution in [0.25, 0.3) is 0 Å². The van der Waals surface area contributed by atoms with E-state index in [1.807, 2.05) is 11.8 Å². The van der Waals surface area contributed by atoms with E-state index in [1.54, 1.807) is 5.57 Å². The number of benzene rings is 1. The third kappa shape index (κ3) is 3.02. The molecule has 2 rings (SSSR count). The zero-order chi connectivity index (χ0) is 11.4. The van der Waals surface area contributed by atoms with E-state index in [0.29, 0.717) is 5.25 Å². The maximum atomic E-state index is 2.30. The van der Waals surface area contributed by atoms with Gasteiger partial charge in [0.05, 0.1) is 0 Å². The first-order valence-corrected chi connectivity index (χ1v) is 6.72. The van der Waals surface area contributed by atoms with E-state index in [2.05, 4.69) is 56.3 Å². The predicted octanol–water partition coefficient (Wildman–Crippen LogP) is 4.75. The van der Waals surface area contributed by atoms with Crippen molar-refractivity contribution < 1.29 is 0 Å². The maximum absolute atomic E-state index is 2.30. The molecule has 1 aliphatic rings. The van der Waals surface area contributed by atoms with E-state index in [4.69, 9.17) is 0 Å². The highest BCUT2D eigenvalue weighted by molar-refractivity contribution is 8.00. The van der Waals surface area contributed by atoms with Gasteiger partial charge in [-0.3, -0.25) is 0 Å². The van der Waals surface area contributed by atoms with Crippen LogP contribution < -0.4 is 0 Å². The van der Waals surface area contributed by atoms with E-state index in [1.165, 1.54) is 23.3 Å². The number of thioether (sulfide) groups is 1. The van der Waals surface area contributed by atoms with Gasteiger partial charge in [-0.25, -0.2) is 0 Å². The van der Waals surface area contributed by atoms with Gasteiger partial charge in [-0.05, 0) is 38.8 Å². The van der Waals surface area contributed by atoms with Crippen LogP contribution in [0, 0.1) is 6.92 Å². The van der Waals surface area contributed by atoms with Gasteiger partial charge in [0.1, 0.15) is 0 Å². The van der Waals surface area contributed by atoms with E-state index in [9.17, 15) is 0 Å². The largest absolute Gasteiger partial charge is 0.119 e. The van der Waals surface area contributed by atoms with Crippen LogP contribution in [0.4, 0.5) is 0 Å². The number of hydrogen-bond donors (Lipinski definition) is 0. The van der Waals surface area contributed by atoms with Crippen molar-refractivity contribution in [3.05, 3.63) is 53.6 Å². The average Bonchev–Trinajstić information content (AvgIpc) is 2.33. The molecule has 0 saturated carbocycles. The first kappa shape index (κ1) is 11.5. The van der Waals surface area contributed by atoms with Gasteiger partial charge >= 0.3 is 0 Å². The molecule has 0 aliphatic heterocycles. The Morgan fingerprint density at radius 2 is 1.94 bits per heavy atom. The second kappa shape index (κ2) is 5.40. The normalized spacial score (nSPS) is 17.0. The average molecular weight is 230 g/mol. The summed E-state index contributed by atoms with van der Waals surface area (Å²) in [6.07, 6.45) is 9.12. The molecular formula is C15H18S. The van der Waals surface area contributed by atoms with Crippen LogP contribution in [0.2, 0.25) is 0 Å². The van der Waals surface area contributed by atoms with Gasteiger partial charge in [0.2, 0.25) is 0 Å². The Morgan fingerprint density at radius 3 is 2.56 bits per heavy atom. The van der Waals surface area contributed by atoms with Crippen LogP contribution in [0.1, 0.15) is 25.3 Å². The summed E-state index contributed by atoms with van der Waals surface area (Å²) in [7, 11) is 0. The maximum Gasteiger partial charge on any atom is 0.0278 e. The molecule has 1 unspecified atom stereocenters. The summed E-state index contributed by atoms with van der Waals surface area (Å²) >= 11 is 1.96. The van der Waals surface area contributed by atoms with Gasteiger partial charge in [0.15, 0.2) is 0 Å². The Labute approximate surface area is 102 Å². The number of rotatable bonds is 3. The molecule has 0 amide bonds. The second-order valence-corrected chi connectivity index (χ2v) is 5.70. The third-order valence-electron chi connectivity index (χ3n) is 2.90. The molecule has 0 spiro atoms. The molecular weight excluding hydrogens is 212 g/mol. The highest BCUT2D eigenvalue weighted by Gasteiger charge is 2.10. The molecule has 0 aromatic heterocycles. The smallest absolute Gasteiger partial charge is 0.0278 e. The standard InChI is InChI=1S/C15H18S/c1-12-8-10-15(11-9-12)16-13(2)14-6-4-3-5-7-14/h3-4,6,8-11,13H,5,7H2,1-2H3. The Morgan fingerprint density at radius 1 is 1.19 bits per heavy atom. The molecule has 0 bridgehead atoms. The molecule has 1 heteroatoms. The van der Waals surface area contributed by atoms with Crippen molar-refractivity contribution in [1.29, 1.82) is 0 Å². The molecule has 0 fully saturated rings. The van der Waals surface area contributed by atoms with Gasteiger partial charge in [-0.1, -0.05) is 41.5 Å². The molecule has 1 atom stereocenters. The lowest BCUT2D eigenvalue weighted by Gasteiger charge is -2.16. The zero-order valence-electron chi connectivity index (χ0n) is 9.94. The van der Waals surface area contributed by atoms with Crippen LogP contribution in [0.3, 0.4) is 0 Å². The molecule has 0 N–H and O–H groups in total. The fourth-order valence-electron chi connectivity index (χ4n) is 1.86. The fraction of sp³-hybridized carbons (Fsp3) is 0.333. The van der Waals surface area contributed by atoms with Crippen molar-refractivity contribution in [2.24, 2.45) is 0 Å². The van der Waals surface area contributed by atoms with Crippen molar-refractivity contribution >= 4 is 11.8 Å². The highest BCUT2D eigenvalue weighted by Crippen LogP contribution is 2.31. The van der Waals surface area contributed by atoms with E-state index < -0.39 is 0 Å². The molecule has 16 heavy (non-hydrogen) atoms. The predicted molar refractivity (Wildman–Crippen MR) is 73.0 cm³/mol. The minimum absolute atomic E-state index is 0.590. The van der Waals surface area contributed by atoms with Crippen LogP contribution in [-0.2, 0) is 0 Å². The third-order valence-corrected chi connectivity index (χ3v) is 4.10. The monoisotopic (exact) mass is 230 g/mol. The first-order valence-electron chi connectivity index (χ1n) is 5.84. The molecule has 1 aromatic carbocycles. The SMILES string of the molecule is Cc1ccc(SC(C)C2=CC=CCC2)cc1. The quantitative estimate of drug-likeness (QED) is 0.675. The summed E-state index contributed by atoms with van der Waals surface area (Å²) in [4.78, 5) is 1.37. The van der Waals surface area contributed by atoms with Crippen molar-refractivity contribution in [2.75, 3.05) is 0 Å². The molecule has 0 saturated heterocycles. The van der Waals surface area contributed by atoms with Gasteiger partial charge in [0, 0.05) is 10.1 Å². The summed E-state index contributed by atoms with van der Waals surface area (Å²) in [6, 6.07) is 8.81. The van der Waals surface area contributed by atoms with E-state index >= 15 is 0 Å². The molecule has 0 radical (unpaired) electrons. The summed E-state index contributed by atoms with van der Waals surface area (Å²) in [6.45, 7) is 4.43. The first-order chi connectivity index (χ1) is 7.75. The number of hydrogen-bond acceptors (Lipinski definition) is 1. The summed E-state index contributed by atoms with van der Waals surface area (Å²) in [5.41, 5.74) is 2.89. The van der Waals surface area contributed by atoms with Crippen LogP contribution >= 0.6 is 11.8 Å². The fourth-order valence-corrected chi connectivity index (χ4v) is 2.91. The zero-order valence-corrected chi connectivity index (χ0v) is 10.8. The Bertz CT molecular complexity index is 398. The van der Waals surface area contributed by atoms with Crippen molar-refractivity contribution in [3.8, 4) is 0 Å². The van der Waals surface area contributed by atoms with Gasteiger partial charge < -0.3 is 0 Å². The summed E-state index contributed by atoms with van der Waals surface area (Å²) in [5, 5.41) is 0.590. The van der Waals surface area contributed by atoms with Crippen molar-refractivity contribution in [1.82, 2.24) is 0 Å². The van der Waals surface area contributed by atoms with Crippen LogP contribution in [0.5, 0.6) is 0 Å². The van der Waals surface area contributed by atoms with E-state index in [0.717, 1.165) is 0 Å². The Balaban J connectivity index is 2.01. The number of allylic oxidation sites excluding steroid dienone is 3. The molecule has 1 aromatic rings. The summed E-state index contributed by atoms with van der Waals surface area (Å²) in [5.74, 6) is 0.